The molecule has 6 nitrogen and oxygen atoms in total. The zero-order valence-electron chi connectivity index (χ0n) is 15.0. The number of anilines is 1. The second kappa shape index (κ2) is 6.54. The molecule has 1 amide bonds. The minimum Gasteiger partial charge on any atom is -0.382 e. The fourth-order valence-corrected chi connectivity index (χ4v) is 2.92. The van der Waals surface area contributed by atoms with Crippen LogP contribution < -0.4 is 5.73 Å². The molecule has 0 unspecified atom stereocenters. The molecular weight excluding hydrogens is 338 g/mol. The van der Waals surface area contributed by atoms with Crippen molar-refractivity contribution in [3.8, 4) is 23.1 Å². The molecule has 2 aromatic heterocycles. The second-order valence-electron chi connectivity index (χ2n) is 6.35. The number of benzene rings is 1. The van der Waals surface area contributed by atoms with Crippen LogP contribution in [0.15, 0.2) is 48.0 Å². The van der Waals surface area contributed by atoms with E-state index in [1.807, 2.05) is 42.5 Å². The molecule has 0 saturated heterocycles. The highest BCUT2D eigenvalue weighted by Crippen LogP contribution is 2.23. The molecule has 2 N–H and O–H groups in total. The van der Waals surface area contributed by atoms with E-state index in [9.17, 15) is 4.79 Å². The van der Waals surface area contributed by atoms with Crippen molar-refractivity contribution in [2.75, 3.05) is 19.3 Å². The number of likely N-dealkylation sites (N-methyl/N-ethyl adjacent to an activating group) is 1. The van der Waals surface area contributed by atoms with Gasteiger partial charge in [-0.1, -0.05) is 24.0 Å². The Morgan fingerprint density at radius 2 is 1.96 bits per heavy atom. The first-order valence-corrected chi connectivity index (χ1v) is 8.50. The number of amides is 1. The summed E-state index contributed by atoms with van der Waals surface area (Å²) in [5.41, 5.74) is 10.3. The average molecular weight is 355 g/mol. The zero-order chi connectivity index (χ0) is 19.0. The smallest absolute Gasteiger partial charge is 0.262 e. The summed E-state index contributed by atoms with van der Waals surface area (Å²) in [5, 5.41) is 0. The van der Waals surface area contributed by atoms with Crippen LogP contribution in [-0.4, -0.2) is 39.4 Å². The van der Waals surface area contributed by atoms with Gasteiger partial charge in [-0.05, 0) is 37.3 Å². The number of nitrogen functional groups attached to an aromatic ring is 1. The molecule has 1 aliphatic heterocycles. The second-order valence-corrected chi connectivity index (χ2v) is 6.35. The summed E-state index contributed by atoms with van der Waals surface area (Å²) in [6.07, 6.45) is 1.84. The van der Waals surface area contributed by atoms with E-state index in [-0.39, 0.29) is 5.91 Å². The lowest BCUT2D eigenvalue weighted by Crippen LogP contribution is -2.21. The third kappa shape index (κ3) is 3.23. The number of rotatable bonds is 1. The van der Waals surface area contributed by atoms with Crippen LogP contribution in [0.3, 0.4) is 0 Å². The fraction of sp³-hybridized carbons (Fsp3) is 0.143. The standard InChI is InChI=1S/C21H17N5O/c1-13-23-18-9-8-17(25-19(18)20(22)24-13)16-5-3-4-14(12-16)6-7-15-10-11-26(2)21(15)27/h3-5,8-10,12H,11H2,1-2H3,(H2,22,23,24). The summed E-state index contributed by atoms with van der Waals surface area (Å²) in [5.74, 6) is 6.97. The topological polar surface area (TPSA) is 85.0 Å². The highest BCUT2D eigenvalue weighted by atomic mass is 16.2. The Balaban J connectivity index is 1.69. The Labute approximate surface area is 156 Å². The summed E-state index contributed by atoms with van der Waals surface area (Å²) in [6, 6.07) is 11.5. The first-order chi connectivity index (χ1) is 13.0. The number of pyridine rings is 1. The van der Waals surface area contributed by atoms with Gasteiger partial charge in [-0.25, -0.2) is 15.0 Å². The van der Waals surface area contributed by atoms with Crippen molar-refractivity contribution in [1.82, 2.24) is 19.9 Å². The maximum atomic E-state index is 11.9. The van der Waals surface area contributed by atoms with Gasteiger partial charge in [0.1, 0.15) is 11.3 Å². The van der Waals surface area contributed by atoms with E-state index in [4.69, 9.17) is 5.73 Å². The van der Waals surface area contributed by atoms with Crippen LogP contribution >= 0.6 is 0 Å². The van der Waals surface area contributed by atoms with Gasteiger partial charge >= 0.3 is 0 Å². The SMILES string of the molecule is Cc1nc(N)c2nc(-c3cccc(C#CC4=CCN(C)C4=O)c3)ccc2n1. The first-order valence-electron chi connectivity index (χ1n) is 8.50. The van der Waals surface area contributed by atoms with E-state index in [2.05, 4.69) is 26.8 Å². The minimum absolute atomic E-state index is 0.0411. The van der Waals surface area contributed by atoms with Crippen molar-refractivity contribution in [2.24, 2.45) is 0 Å². The number of carbonyl (C=O) groups excluding carboxylic acids is 1. The van der Waals surface area contributed by atoms with Crippen LogP contribution in [0.25, 0.3) is 22.3 Å². The number of hydrogen-bond donors (Lipinski definition) is 1. The Kier molecular flexibility index (Phi) is 4.05. The quantitative estimate of drug-likeness (QED) is 0.677. The first kappa shape index (κ1) is 16.7. The van der Waals surface area contributed by atoms with E-state index < -0.39 is 0 Å². The van der Waals surface area contributed by atoms with Gasteiger partial charge in [0.15, 0.2) is 5.82 Å². The van der Waals surface area contributed by atoms with E-state index in [1.54, 1.807) is 18.9 Å². The van der Waals surface area contributed by atoms with Crippen molar-refractivity contribution in [3.05, 3.63) is 59.4 Å². The molecule has 6 heteroatoms. The molecule has 3 heterocycles. The number of carbonyl (C=O) groups is 1. The van der Waals surface area contributed by atoms with Crippen LogP contribution in [-0.2, 0) is 4.79 Å². The largest absolute Gasteiger partial charge is 0.382 e. The molecule has 3 aromatic rings. The summed E-state index contributed by atoms with van der Waals surface area (Å²) in [4.78, 5) is 26.7. The number of fused-ring (bicyclic) bond motifs is 1. The molecular formula is C21H17N5O. The summed E-state index contributed by atoms with van der Waals surface area (Å²) >= 11 is 0. The van der Waals surface area contributed by atoms with Crippen LogP contribution in [0.2, 0.25) is 0 Å². The predicted molar refractivity (Wildman–Crippen MR) is 105 cm³/mol. The molecule has 0 atom stereocenters. The lowest BCUT2D eigenvalue weighted by Gasteiger charge is -2.06. The molecule has 0 bridgehead atoms. The third-order valence-corrected chi connectivity index (χ3v) is 4.33. The normalized spacial score (nSPS) is 13.5. The predicted octanol–water partition coefficient (Wildman–Crippen LogP) is 2.33. The van der Waals surface area contributed by atoms with Crippen LogP contribution in [0.4, 0.5) is 5.82 Å². The van der Waals surface area contributed by atoms with Gasteiger partial charge < -0.3 is 10.6 Å². The molecule has 0 fully saturated rings. The monoisotopic (exact) mass is 355 g/mol. The highest BCUT2D eigenvalue weighted by Gasteiger charge is 2.18. The molecule has 0 radical (unpaired) electrons. The number of nitrogens with zero attached hydrogens (tertiary/aromatic N) is 4. The van der Waals surface area contributed by atoms with Gasteiger partial charge in [0.2, 0.25) is 0 Å². The van der Waals surface area contributed by atoms with Gasteiger partial charge in [-0.2, -0.15) is 0 Å². The Bertz CT molecular complexity index is 1170. The molecule has 4 rings (SSSR count). The Morgan fingerprint density at radius 1 is 1.11 bits per heavy atom. The average Bonchev–Trinajstić information content (AvgIpc) is 2.98. The van der Waals surface area contributed by atoms with Gasteiger partial charge in [0, 0.05) is 24.7 Å². The van der Waals surface area contributed by atoms with E-state index in [1.165, 1.54) is 0 Å². The Hall–Kier alpha value is -3.72. The summed E-state index contributed by atoms with van der Waals surface area (Å²) in [7, 11) is 1.76. The van der Waals surface area contributed by atoms with Crippen molar-refractivity contribution in [1.29, 1.82) is 0 Å². The van der Waals surface area contributed by atoms with Gasteiger partial charge in [-0.15, -0.1) is 0 Å². The van der Waals surface area contributed by atoms with Crippen molar-refractivity contribution in [2.45, 2.75) is 6.92 Å². The van der Waals surface area contributed by atoms with Gasteiger partial charge in [0.05, 0.1) is 16.8 Å². The fourth-order valence-electron chi connectivity index (χ4n) is 2.92. The maximum absolute atomic E-state index is 11.9. The lowest BCUT2D eigenvalue weighted by molar-refractivity contribution is -0.123. The minimum atomic E-state index is -0.0411. The van der Waals surface area contributed by atoms with Crippen LogP contribution in [0.1, 0.15) is 11.4 Å². The summed E-state index contributed by atoms with van der Waals surface area (Å²) < 4.78 is 0. The highest BCUT2D eigenvalue weighted by molar-refractivity contribution is 6.00. The molecule has 1 aromatic carbocycles. The third-order valence-electron chi connectivity index (χ3n) is 4.33. The van der Waals surface area contributed by atoms with E-state index >= 15 is 0 Å². The number of aromatic nitrogens is 3. The molecule has 0 spiro atoms. The van der Waals surface area contributed by atoms with Crippen molar-refractivity contribution >= 4 is 22.8 Å². The zero-order valence-corrected chi connectivity index (χ0v) is 15.0. The maximum Gasteiger partial charge on any atom is 0.262 e. The van der Waals surface area contributed by atoms with Crippen molar-refractivity contribution < 1.29 is 4.79 Å². The van der Waals surface area contributed by atoms with Gasteiger partial charge in [0.25, 0.3) is 5.91 Å². The van der Waals surface area contributed by atoms with Crippen molar-refractivity contribution in [3.63, 3.8) is 0 Å². The van der Waals surface area contributed by atoms with E-state index in [0.29, 0.717) is 29.3 Å². The molecule has 1 aliphatic rings. The molecule has 0 aliphatic carbocycles. The van der Waals surface area contributed by atoms with E-state index in [0.717, 1.165) is 22.3 Å². The summed E-state index contributed by atoms with van der Waals surface area (Å²) in [6.45, 7) is 2.40. The number of nitrogens with two attached hydrogens (primary N) is 1. The van der Waals surface area contributed by atoms with Crippen LogP contribution in [0, 0.1) is 18.8 Å². The Morgan fingerprint density at radius 3 is 2.74 bits per heavy atom. The molecule has 132 valence electrons. The molecule has 27 heavy (non-hydrogen) atoms. The van der Waals surface area contributed by atoms with Crippen LogP contribution in [0.5, 0.6) is 0 Å². The molecule has 0 saturated carbocycles. The van der Waals surface area contributed by atoms with Gasteiger partial charge in [-0.3, -0.25) is 4.79 Å². The number of hydrogen-bond acceptors (Lipinski definition) is 5. The lowest BCUT2D eigenvalue weighted by atomic mass is 10.1. The number of aryl methyl sites for hydroxylation is 1.